The molecule has 3 aromatic rings. The molecule has 0 spiro atoms. The Hall–Kier alpha value is -2.99. The summed E-state index contributed by atoms with van der Waals surface area (Å²) in [6.07, 6.45) is 11.3. The molecule has 3 N–H and O–H groups in total. The molecule has 0 atom stereocenters. The van der Waals surface area contributed by atoms with Gasteiger partial charge in [-0.3, -0.25) is 4.98 Å². The number of hydrogen-bond acceptors (Lipinski definition) is 6. The summed E-state index contributed by atoms with van der Waals surface area (Å²) in [5, 5.41) is 11.9. The predicted octanol–water partition coefficient (Wildman–Crippen LogP) is 8.19. The Kier molecular flexibility index (Phi) is 19.4. The fraction of sp³-hybridized carbons (Fsp3) is 0.516. The first-order chi connectivity index (χ1) is 18.0. The standard InChI is InChI=1S/C17H19N5.C7H13N.C3H8.2C2H6/c1-11(2)21-17-10-19-9-15(22-17)12-4-5-13-8-20-16(18-3)7-14(13)6-12;1-2-7-3-5-8-6-4-7;1-3-2;2*1-2/h4-11H,1-3H3,(H,18,20)(H,21,22);2,7-8H,1,3-6H2;3H2,1-2H3;2*1-2H3. The van der Waals surface area contributed by atoms with Crippen molar-refractivity contribution in [3.05, 3.63) is 55.5 Å². The van der Waals surface area contributed by atoms with Gasteiger partial charge in [0, 0.05) is 30.2 Å². The second-order valence-electron chi connectivity index (χ2n) is 8.50. The number of aromatic nitrogens is 3. The lowest BCUT2D eigenvalue weighted by Crippen LogP contribution is -2.26. The van der Waals surface area contributed by atoms with Crippen molar-refractivity contribution in [2.75, 3.05) is 30.8 Å². The van der Waals surface area contributed by atoms with Crippen molar-refractivity contribution < 1.29 is 0 Å². The van der Waals surface area contributed by atoms with E-state index in [2.05, 4.69) is 83.4 Å². The highest BCUT2D eigenvalue weighted by atomic mass is 15.0. The van der Waals surface area contributed by atoms with E-state index in [1.54, 1.807) is 12.4 Å². The highest BCUT2D eigenvalue weighted by Crippen LogP contribution is 2.24. The summed E-state index contributed by atoms with van der Waals surface area (Å²) in [5.74, 6) is 2.43. The Labute approximate surface area is 226 Å². The number of benzene rings is 1. The number of anilines is 2. The number of fused-ring (bicyclic) bond motifs is 1. The van der Waals surface area contributed by atoms with E-state index < -0.39 is 0 Å². The number of nitrogens with one attached hydrogen (secondary N) is 3. The van der Waals surface area contributed by atoms with Crippen LogP contribution < -0.4 is 16.0 Å². The molecule has 0 saturated carbocycles. The molecule has 1 aliphatic rings. The van der Waals surface area contributed by atoms with E-state index in [-0.39, 0.29) is 0 Å². The number of piperidine rings is 1. The molecule has 1 saturated heterocycles. The van der Waals surface area contributed by atoms with Crippen LogP contribution in [-0.2, 0) is 0 Å². The van der Waals surface area contributed by atoms with E-state index in [1.807, 2.05) is 53.1 Å². The van der Waals surface area contributed by atoms with Crippen molar-refractivity contribution in [2.45, 2.75) is 80.7 Å². The first-order valence-corrected chi connectivity index (χ1v) is 14.0. The van der Waals surface area contributed by atoms with E-state index in [0.717, 1.165) is 39.6 Å². The molecule has 1 fully saturated rings. The molecule has 3 heterocycles. The zero-order valence-electron chi connectivity index (χ0n) is 24.9. The van der Waals surface area contributed by atoms with E-state index in [9.17, 15) is 0 Å². The van der Waals surface area contributed by atoms with E-state index in [4.69, 9.17) is 0 Å². The molecule has 6 nitrogen and oxygen atoms in total. The fourth-order valence-corrected chi connectivity index (χ4v) is 3.39. The van der Waals surface area contributed by atoms with Gasteiger partial charge < -0.3 is 16.0 Å². The molecule has 0 aliphatic carbocycles. The van der Waals surface area contributed by atoms with E-state index in [1.165, 1.54) is 32.4 Å². The van der Waals surface area contributed by atoms with Gasteiger partial charge in [-0.15, -0.1) is 6.58 Å². The molecule has 0 unspecified atom stereocenters. The molecule has 1 aromatic carbocycles. The lowest BCUT2D eigenvalue weighted by molar-refractivity contribution is 0.437. The van der Waals surface area contributed by atoms with Gasteiger partial charge >= 0.3 is 0 Å². The Morgan fingerprint density at radius 2 is 1.62 bits per heavy atom. The first kappa shape index (κ1) is 34.0. The van der Waals surface area contributed by atoms with Crippen LogP contribution in [0.1, 0.15) is 74.7 Å². The van der Waals surface area contributed by atoms with Crippen molar-refractivity contribution >= 4 is 22.4 Å². The Morgan fingerprint density at radius 3 is 2.16 bits per heavy atom. The Bertz CT molecular complexity index is 980. The molecule has 2 aromatic heterocycles. The molecule has 4 rings (SSSR count). The lowest BCUT2D eigenvalue weighted by atomic mass is 9.99. The summed E-state index contributed by atoms with van der Waals surface area (Å²) >= 11 is 0. The van der Waals surface area contributed by atoms with Gasteiger partial charge in [-0.05, 0) is 63.2 Å². The van der Waals surface area contributed by atoms with Crippen LogP contribution in [0.5, 0.6) is 0 Å². The zero-order valence-corrected chi connectivity index (χ0v) is 24.9. The van der Waals surface area contributed by atoms with Crippen molar-refractivity contribution in [1.29, 1.82) is 0 Å². The van der Waals surface area contributed by atoms with Gasteiger partial charge in [-0.1, -0.05) is 66.2 Å². The van der Waals surface area contributed by atoms with E-state index >= 15 is 0 Å². The van der Waals surface area contributed by atoms with Gasteiger partial charge in [0.15, 0.2) is 0 Å². The minimum atomic E-state index is 0.324. The Morgan fingerprint density at radius 1 is 0.973 bits per heavy atom. The molecule has 37 heavy (non-hydrogen) atoms. The lowest BCUT2D eigenvalue weighted by Gasteiger charge is -2.18. The van der Waals surface area contributed by atoms with Crippen LogP contribution in [0, 0.1) is 5.92 Å². The first-order valence-electron chi connectivity index (χ1n) is 14.0. The highest BCUT2D eigenvalue weighted by molar-refractivity contribution is 5.88. The predicted molar refractivity (Wildman–Crippen MR) is 166 cm³/mol. The Balaban J connectivity index is 0.000000717. The summed E-state index contributed by atoms with van der Waals surface area (Å²) < 4.78 is 0. The molecule has 0 radical (unpaired) electrons. The van der Waals surface area contributed by atoms with Gasteiger partial charge in [0.2, 0.25) is 0 Å². The van der Waals surface area contributed by atoms with Gasteiger partial charge in [-0.2, -0.15) is 0 Å². The smallest absolute Gasteiger partial charge is 0.145 e. The van der Waals surface area contributed by atoms with Crippen LogP contribution in [0.2, 0.25) is 0 Å². The minimum absolute atomic E-state index is 0.324. The zero-order chi connectivity index (χ0) is 28.1. The van der Waals surface area contributed by atoms with Crippen molar-refractivity contribution in [2.24, 2.45) is 5.92 Å². The molecular weight excluding hydrogens is 456 g/mol. The number of nitrogens with zero attached hydrogens (tertiary/aromatic N) is 3. The van der Waals surface area contributed by atoms with Crippen LogP contribution in [0.15, 0.2) is 55.5 Å². The van der Waals surface area contributed by atoms with Crippen LogP contribution >= 0.6 is 0 Å². The average Bonchev–Trinajstić information content (AvgIpc) is 2.95. The van der Waals surface area contributed by atoms with Crippen LogP contribution in [0.25, 0.3) is 22.0 Å². The van der Waals surface area contributed by atoms with Crippen LogP contribution in [0.4, 0.5) is 11.6 Å². The number of allylic oxidation sites excluding steroid dienone is 1. The molecule has 6 heteroatoms. The minimum Gasteiger partial charge on any atom is -0.373 e. The van der Waals surface area contributed by atoms with E-state index in [0.29, 0.717) is 6.04 Å². The van der Waals surface area contributed by atoms with Crippen molar-refractivity contribution in [1.82, 2.24) is 20.3 Å². The van der Waals surface area contributed by atoms with Gasteiger partial charge in [0.05, 0.1) is 18.1 Å². The SMILES string of the molecule is C=CC1CCNCC1.CC.CC.CCC.CNc1cc2cc(-c3cncc(NC(C)C)n3)ccc2cn1. The molecule has 0 bridgehead atoms. The second kappa shape index (κ2) is 21.1. The summed E-state index contributed by atoms with van der Waals surface area (Å²) in [5.41, 5.74) is 1.90. The molecule has 206 valence electrons. The number of hydrogen-bond donors (Lipinski definition) is 3. The third-order valence-electron chi connectivity index (χ3n) is 5.06. The average molecular weight is 509 g/mol. The third kappa shape index (κ3) is 13.2. The second-order valence-corrected chi connectivity index (χ2v) is 8.50. The number of pyridine rings is 1. The quantitative estimate of drug-likeness (QED) is 0.302. The normalized spacial score (nSPS) is 12.3. The van der Waals surface area contributed by atoms with Crippen LogP contribution in [0.3, 0.4) is 0 Å². The topological polar surface area (TPSA) is 74.8 Å². The fourth-order valence-electron chi connectivity index (χ4n) is 3.39. The van der Waals surface area contributed by atoms with Crippen molar-refractivity contribution in [3.8, 4) is 11.3 Å². The van der Waals surface area contributed by atoms with Gasteiger partial charge in [-0.25, -0.2) is 9.97 Å². The van der Waals surface area contributed by atoms with Gasteiger partial charge in [0.25, 0.3) is 0 Å². The summed E-state index contributed by atoms with van der Waals surface area (Å²) in [6.45, 7) is 22.5. The maximum Gasteiger partial charge on any atom is 0.145 e. The largest absolute Gasteiger partial charge is 0.373 e. The summed E-state index contributed by atoms with van der Waals surface area (Å²) in [4.78, 5) is 13.2. The third-order valence-corrected chi connectivity index (χ3v) is 5.06. The monoisotopic (exact) mass is 508 g/mol. The van der Waals surface area contributed by atoms with Crippen LogP contribution in [-0.4, -0.2) is 41.1 Å². The summed E-state index contributed by atoms with van der Waals surface area (Å²) in [6, 6.07) is 8.57. The molecule has 1 aliphatic heterocycles. The van der Waals surface area contributed by atoms with Crippen molar-refractivity contribution in [3.63, 3.8) is 0 Å². The van der Waals surface area contributed by atoms with Gasteiger partial charge in [0.1, 0.15) is 11.6 Å². The summed E-state index contributed by atoms with van der Waals surface area (Å²) in [7, 11) is 1.87. The maximum atomic E-state index is 4.63. The molecule has 0 amide bonds. The molecular formula is C31H52N6. The maximum absolute atomic E-state index is 4.63. The highest BCUT2D eigenvalue weighted by Gasteiger charge is 2.07. The number of rotatable bonds is 5.